The molecule has 0 aromatic rings. The van der Waals surface area contributed by atoms with Crippen LogP contribution in [-0.4, -0.2) is 30.7 Å². The number of halogens is 1. The molecule has 1 N–H and O–H groups in total. The van der Waals surface area contributed by atoms with Crippen molar-refractivity contribution in [3.63, 3.8) is 0 Å². The van der Waals surface area contributed by atoms with Crippen LogP contribution in [-0.2, 0) is 14.4 Å². The first-order valence-corrected chi connectivity index (χ1v) is 15.5. The minimum absolute atomic E-state index is 0.0434. The standard InChI is InChI=1S/C34H49FN2O3/c1-29(2)10-12-34(19-26(39)37-15-14-35)13-11-33(7)27(22(34)18-29)23(38)16-25-31(5)17-21(20-36)28(40)30(3,4)24(31)8-9-32(25,33)6/h17,22,24-25,27H,8-16,18-19H2,1-7H3,(H,37,39)/t22-,24+,25-,27?,31+,32-,33-,34-/m1/s1. The molecule has 0 bridgehead atoms. The van der Waals surface area contributed by atoms with E-state index in [4.69, 9.17) is 0 Å². The number of rotatable bonds is 4. The highest BCUT2D eigenvalue weighted by atomic mass is 19.1. The van der Waals surface area contributed by atoms with E-state index in [1.807, 2.05) is 19.9 Å². The van der Waals surface area contributed by atoms with Crippen molar-refractivity contribution in [2.45, 2.75) is 106 Å². The Kier molecular flexibility index (Phi) is 6.80. The van der Waals surface area contributed by atoms with Gasteiger partial charge in [-0.2, -0.15) is 5.26 Å². The van der Waals surface area contributed by atoms with Gasteiger partial charge in [0.15, 0.2) is 5.78 Å². The summed E-state index contributed by atoms with van der Waals surface area (Å²) in [5.41, 5.74) is -1.29. The van der Waals surface area contributed by atoms with Gasteiger partial charge in [-0.1, -0.05) is 54.5 Å². The number of carbonyl (C=O) groups excluding carboxylic acids is 3. The van der Waals surface area contributed by atoms with Gasteiger partial charge in [0.05, 0.1) is 5.57 Å². The molecular weight excluding hydrogens is 503 g/mol. The van der Waals surface area contributed by atoms with E-state index >= 15 is 0 Å². The van der Waals surface area contributed by atoms with Crippen molar-refractivity contribution in [3.05, 3.63) is 11.6 Å². The van der Waals surface area contributed by atoms with Crippen molar-refractivity contribution in [2.24, 2.45) is 56.2 Å². The van der Waals surface area contributed by atoms with Crippen LogP contribution >= 0.6 is 0 Å². The Bertz CT molecular complexity index is 1200. The lowest BCUT2D eigenvalue weighted by molar-refractivity contribution is -0.223. The van der Waals surface area contributed by atoms with E-state index in [-0.39, 0.29) is 69.1 Å². The molecule has 4 saturated carbocycles. The van der Waals surface area contributed by atoms with E-state index in [1.165, 1.54) is 0 Å². The fraction of sp³-hybridized carbons (Fsp3) is 0.824. The predicted molar refractivity (Wildman–Crippen MR) is 153 cm³/mol. The Morgan fingerprint density at radius 1 is 1.00 bits per heavy atom. The number of carbonyl (C=O) groups is 3. The summed E-state index contributed by atoms with van der Waals surface area (Å²) >= 11 is 0. The first-order valence-electron chi connectivity index (χ1n) is 15.5. The zero-order valence-corrected chi connectivity index (χ0v) is 25.7. The van der Waals surface area contributed by atoms with E-state index in [9.17, 15) is 24.0 Å². The lowest BCUT2D eigenvalue weighted by Crippen LogP contribution is -2.68. The summed E-state index contributed by atoms with van der Waals surface area (Å²) in [7, 11) is 0. The summed E-state index contributed by atoms with van der Waals surface area (Å²) in [4.78, 5) is 40.9. The normalized spacial score (nSPS) is 45.1. The van der Waals surface area contributed by atoms with E-state index in [0.29, 0.717) is 18.6 Å². The molecule has 6 heteroatoms. The van der Waals surface area contributed by atoms with Gasteiger partial charge in [-0.25, -0.2) is 4.39 Å². The largest absolute Gasteiger partial charge is 0.353 e. The smallest absolute Gasteiger partial charge is 0.220 e. The zero-order valence-electron chi connectivity index (χ0n) is 25.7. The second-order valence-corrected chi connectivity index (χ2v) is 16.3. The molecule has 40 heavy (non-hydrogen) atoms. The van der Waals surface area contributed by atoms with Gasteiger partial charge < -0.3 is 5.32 Å². The fourth-order valence-corrected chi connectivity index (χ4v) is 11.3. The van der Waals surface area contributed by atoms with Gasteiger partial charge >= 0.3 is 0 Å². The third-order valence-electron chi connectivity index (χ3n) is 13.6. The van der Waals surface area contributed by atoms with Gasteiger partial charge in [-0.05, 0) is 89.8 Å². The van der Waals surface area contributed by atoms with Gasteiger partial charge in [0.1, 0.15) is 18.5 Å². The van der Waals surface area contributed by atoms with Crippen LogP contribution < -0.4 is 5.32 Å². The van der Waals surface area contributed by atoms with E-state index in [2.05, 4.69) is 46.0 Å². The lowest BCUT2D eigenvalue weighted by Gasteiger charge is -2.72. The van der Waals surface area contributed by atoms with Crippen LogP contribution in [0.25, 0.3) is 0 Å². The van der Waals surface area contributed by atoms with Crippen LogP contribution in [0.5, 0.6) is 0 Å². The van der Waals surface area contributed by atoms with E-state index in [1.54, 1.807) is 0 Å². The SMILES string of the molecule is CC1(C)CC[C@]2(CC(=O)NCCF)CC[C@]3(C)C(C(=O)C[C@@H]4[C@@]5(C)C=C(C#N)C(=O)C(C)(C)[C@@H]5CC[C@]43C)[C@H]2C1. The molecule has 0 aliphatic heterocycles. The van der Waals surface area contributed by atoms with Gasteiger partial charge in [0, 0.05) is 30.7 Å². The minimum atomic E-state index is -0.640. The van der Waals surface area contributed by atoms with Crippen molar-refractivity contribution in [2.75, 3.05) is 13.2 Å². The number of nitrogens with zero attached hydrogens (tertiary/aromatic N) is 1. The van der Waals surface area contributed by atoms with Crippen LogP contribution in [0.2, 0.25) is 0 Å². The van der Waals surface area contributed by atoms with Crippen LogP contribution in [0.1, 0.15) is 106 Å². The number of allylic oxidation sites excluding steroid dienone is 2. The number of hydrogen-bond donors (Lipinski definition) is 1. The summed E-state index contributed by atoms with van der Waals surface area (Å²) in [5.74, 6) is 0.306. The molecule has 0 spiro atoms. The van der Waals surface area contributed by atoms with Gasteiger partial charge in [-0.3, -0.25) is 14.4 Å². The monoisotopic (exact) mass is 552 g/mol. The maximum absolute atomic E-state index is 14.6. The zero-order chi connectivity index (χ0) is 29.5. The number of ketones is 2. The Labute approximate surface area is 240 Å². The summed E-state index contributed by atoms with van der Waals surface area (Å²) in [6.45, 7) is 15.0. The Balaban J connectivity index is 1.58. The predicted octanol–water partition coefficient (Wildman–Crippen LogP) is 6.76. The van der Waals surface area contributed by atoms with Crippen molar-refractivity contribution < 1.29 is 18.8 Å². The molecular formula is C34H49FN2O3. The first-order chi connectivity index (χ1) is 18.5. The number of nitrogens with one attached hydrogen (secondary N) is 1. The summed E-state index contributed by atoms with van der Waals surface area (Å²) in [6, 6.07) is 2.20. The Morgan fingerprint density at radius 3 is 2.33 bits per heavy atom. The van der Waals surface area contributed by atoms with Crippen molar-refractivity contribution in [1.29, 1.82) is 5.26 Å². The number of nitriles is 1. The lowest BCUT2D eigenvalue weighted by atomic mass is 9.31. The quantitative estimate of drug-likeness (QED) is 0.417. The molecule has 0 radical (unpaired) electrons. The van der Waals surface area contributed by atoms with Crippen LogP contribution in [0.3, 0.4) is 0 Å². The average Bonchev–Trinajstić information content (AvgIpc) is 2.87. The third kappa shape index (κ3) is 3.92. The molecule has 1 unspecified atom stereocenters. The Hall–Kier alpha value is -2.03. The molecule has 8 atom stereocenters. The van der Waals surface area contributed by atoms with Gasteiger partial charge in [-0.15, -0.1) is 0 Å². The molecule has 0 heterocycles. The average molecular weight is 553 g/mol. The second kappa shape index (κ2) is 9.23. The van der Waals surface area contributed by atoms with Crippen molar-refractivity contribution >= 4 is 17.5 Å². The van der Waals surface area contributed by atoms with Crippen LogP contribution in [0, 0.1) is 67.5 Å². The summed E-state index contributed by atoms with van der Waals surface area (Å²) in [6.07, 6.45) is 9.34. The summed E-state index contributed by atoms with van der Waals surface area (Å²) in [5, 5.41) is 12.7. The van der Waals surface area contributed by atoms with Gasteiger partial charge in [0.25, 0.3) is 0 Å². The molecule has 0 aromatic heterocycles. The highest BCUT2D eigenvalue weighted by Crippen LogP contribution is 2.76. The molecule has 4 fully saturated rings. The molecule has 5 aliphatic carbocycles. The molecule has 5 aliphatic rings. The number of Topliss-reactive ketones (excluding diaryl/α,β-unsaturated/α-hetero) is 2. The maximum Gasteiger partial charge on any atom is 0.220 e. The van der Waals surface area contributed by atoms with Crippen LogP contribution in [0.4, 0.5) is 4.39 Å². The highest BCUT2D eigenvalue weighted by Gasteiger charge is 2.72. The number of amides is 1. The first kappa shape index (κ1) is 29.5. The van der Waals surface area contributed by atoms with E-state index in [0.717, 1.165) is 44.9 Å². The van der Waals surface area contributed by atoms with Crippen molar-refractivity contribution in [3.8, 4) is 6.07 Å². The number of hydrogen-bond acceptors (Lipinski definition) is 4. The highest BCUT2D eigenvalue weighted by molar-refractivity contribution is 6.04. The molecule has 0 saturated heterocycles. The summed E-state index contributed by atoms with van der Waals surface area (Å²) < 4.78 is 12.9. The Morgan fingerprint density at radius 2 is 1.68 bits per heavy atom. The molecule has 5 rings (SSSR count). The maximum atomic E-state index is 14.6. The number of alkyl halides is 1. The molecule has 5 nitrogen and oxygen atoms in total. The second-order valence-electron chi connectivity index (χ2n) is 16.3. The minimum Gasteiger partial charge on any atom is -0.353 e. The van der Waals surface area contributed by atoms with Crippen LogP contribution in [0.15, 0.2) is 11.6 Å². The van der Waals surface area contributed by atoms with E-state index < -0.39 is 17.5 Å². The molecule has 220 valence electrons. The van der Waals surface area contributed by atoms with Crippen molar-refractivity contribution in [1.82, 2.24) is 5.32 Å². The molecule has 1 amide bonds. The van der Waals surface area contributed by atoms with Gasteiger partial charge in [0.2, 0.25) is 5.91 Å². The number of fused-ring (bicyclic) bond motifs is 7. The fourth-order valence-electron chi connectivity index (χ4n) is 11.3. The topological polar surface area (TPSA) is 87.0 Å². The molecule has 0 aromatic carbocycles. The third-order valence-corrected chi connectivity index (χ3v) is 13.6.